The van der Waals surface area contributed by atoms with Crippen LogP contribution in [0.2, 0.25) is 0 Å². The molecular weight excluding hydrogens is 418 g/mol. The van der Waals surface area contributed by atoms with Gasteiger partial charge in [-0.1, -0.05) is 67.6 Å². The molecule has 3 atom stereocenters. The number of esters is 1. The normalized spacial score (nSPS) is 20.3. The van der Waals surface area contributed by atoms with Crippen molar-refractivity contribution in [2.75, 3.05) is 33.9 Å². The van der Waals surface area contributed by atoms with Crippen LogP contribution in [0.1, 0.15) is 27.7 Å². The minimum absolute atomic E-state index is 0.0837. The summed E-state index contributed by atoms with van der Waals surface area (Å²) in [5.74, 6) is -0.468. The molecule has 0 aliphatic carbocycles. The third kappa shape index (κ3) is 8.21. The lowest BCUT2D eigenvalue weighted by atomic mass is 9.79. The van der Waals surface area contributed by atoms with Gasteiger partial charge in [-0.05, 0) is 37.8 Å². The third-order valence-electron chi connectivity index (χ3n) is 5.67. The van der Waals surface area contributed by atoms with E-state index in [1.54, 1.807) is 12.0 Å². The van der Waals surface area contributed by atoms with E-state index in [9.17, 15) is 9.59 Å². The van der Waals surface area contributed by atoms with Gasteiger partial charge in [-0.25, -0.2) is 4.79 Å². The molecule has 1 amide bonds. The van der Waals surface area contributed by atoms with Crippen molar-refractivity contribution in [1.29, 1.82) is 0 Å². The van der Waals surface area contributed by atoms with Crippen molar-refractivity contribution >= 4 is 12.1 Å². The second kappa shape index (κ2) is 12.4. The molecule has 3 unspecified atom stereocenters. The van der Waals surface area contributed by atoms with Gasteiger partial charge in [0.15, 0.2) is 0 Å². The van der Waals surface area contributed by atoms with Crippen molar-refractivity contribution in [1.82, 2.24) is 4.90 Å². The minimum Gasteiger partial charge on any atom is -0.469 e. The number of benzene rings is 2. The van der Waals surface area contributed by atoms with E-state index in [2.05, 4.69) is 48.5 Å². The number of likely N-dealkylation sites (tertiary alicyclic amines) is 1. The molecule has 180 valence electrons. The van der Waals surface area contributed by atoms with Crippen molar-refractivity contribution < 1.29 is 23.8 Å². The predicted molar refractivity (Wildman–Crippen MR) is 130 cm³/mol. The Kier molecular flexibility index (Phi) is 9.92. The molecule has 2 aromatic rings. The zero-order chi connectivity index (χ0) is 24.4. The Balaban J connectivity index is 0.000000268. The van der Waals surface area contributed by atoms with Crippen LogP contribution in [0.25, 0.3) is 11.1 Å². The lowest BCUT2D eigenvalue weighted by molar-refractivity contribution is -0.151. The average Bonchev–Trinajstić information content (AvgIpc) is 2.80. The molecule has 0 saturated carbocycles. The molecule has 1 aliphatic heterocycles. The highest BCUT2D eigenvalue weighted by Gasteiger charge is 2.41. The number of rotatable bonds is 4. The zero-order valence-corrected chi connectivity index (χ0v) is 20.6. The Hall–Kier alpha value is -2.86. The van der Waals surface area contributed by atoms with E-state index in [0.717, 1.165) is 0 Å². The van der Waals surface area contributed by atoms with Gasteiger partial charge >= 0.3 is 12.1 Å². The number of ether oxygens (including phenoxy) is 3. The van der Waals surface area contributed by atoms with Crippen LogP contribution in [-0.2, 0) is 19.0 Å². The standard InChI is InChI=1S/C15H27NO5.C12H10/c1-10-11(9-19-5)7-16(8-12(10)13(17)20-6)14(18)21-15(2,3)4;1-3-7-11(8-4-1)12-9-5-2-6-10-12/h10-12H,7-9H2,1-6H3;1-10H. The maximum absolute atomic E-state index is 12.2. The molecule has 2 aromatic carbocycles. The van der Waals surface area contributed by atoms with Crippen molar-refractivity contribution in [2.45, 2.75) is 33.3 Å². The number of carbonyl (C=O) groups excluding carboxylic acids is 2. The minimum atomic E-state index is -0.558. The van der Waals surface area contributed by atoms with Gasteiger partial charge in [0.1, 0.15) is 5.60 Å². The first kappa shape index (κ1) is 26.4. The number of piperidine rings is 1. The summed E-state index contributed by atoms with van der Waals surface area (Å²) < 4.78 is 15.5. The maximum atomic E-state index is 12.2. The number of hydrogen-bond acceptors (Lipinski definition) is 5. The molecule has 3 rings (SSSR count). The highest BCUT2D eigenvalue weighted by molar-refractivity contribution is 5.75. The van der Waals surface area contributed by atoms with Crippen LogP contribution < -0.4 is 0 Å². The summed E-state index contributed by atoms with van der Waals surface area (Å²) in [6.45, 7) is 8.80. The fourth-order valence-electron chi connectivity index (χ4n) is 3.85. The lowest BCUT2D eigenvalue weighted by Gasteiger charge is -2.41. The molecule has 6 heteroatoms. The number of amides is 1. The molecule has 1 heterocycles. The molecular formula is C27H37NO5. The van der Waals surface area contributed by atoms with Crippen LogP contribution >= 0.6 is 0 Å². The van der Waals surface area contributed by atoms with Crippen LogP contribution in [0.15, 0.2) is 60.7 Å². The first-order chi connectivity index (χ1) is 15.7. The first-order valence-electron chi connectivity index (χ1n) is 11.3. The number of hydrogen-bond donors (Lipinski definition) is 0. The van der Waals surface area contributed by atoms with Gasteiger partial charge in [0.25, 0.3) is 0 Å². The second-order valence-corrected chi connectivity index (χ2v) is 9.32. The van der Waals surface area contributed by atoms with Gasteiger partial charge < -0.3 is 19.1 Å². The molecule has 1 saturated heterocycles. The van der Waals surface area contributed by atoms with Crippen LogP contribution in [0.3, 0.4) is 0 Å². The summed E-state index contributed by atoms with van der Waals surface area (Å²) in [5, 5.41) is 0. The van der Waals surface area contributed by atoms with E-state index in [1.807, 2.05) is 39.8 Å². The molecule has 0 aromatic heterocycles. The van der Waals surface area contributed by atoms with Crippen LogP contribution in [0.5, 0.6) is 0 Å². The van der Waals surface area contributed by atoms with Gasteiger partial charge in [-0.2, -0.15) is 0 Å². The maximum Gasteiger partial charge on any atom is 0.410 e. The van der Waals surface area contributed by atoms with Gasteiger partial charge in [-0.3, -0.25) is 4.79 Å². The largest absolute Gasteiger partial charge is 0.469 e. The molecule has 0 bridgehead atoms. The van der Waals surface area contributed by atoms with E-state index in [1.165, 1.54) is 18.2 Å². The number of methoxy groups -OCH3 is 2. The molecule has 33 heavy (non-hydrogen) atoms. The summed E-state index contributed by atoms with van der Waals surface area (Å²) in [5.41, 5.74) is 1.99. The molecule has 1 fully saturated rings. The zero-order valence-electron chi connectivity index (χ0n) is 20.6. The SMILES string of the molecule is COCC1CN(C(=O)OC(C)(C)C)CC(C(=O)OC)C1C.c1ccc(-c2ccccc2)cc1. The number of nitrogens with zero attached hydrogens (tertiary/aromatic N) is 1. The van der Waals surface area contributed by atoms with Crippen molar-refractivity contribution in [2.24, 2.45) is 17.8 Å². The highest BCUT2D eigenvalue weighted by Crippen LogP contribution is 2.30. The van der Waals surface area contributed by atoms with Gasteiger partial charge in [0.05, 0.1) is 19.6 Å². The van der Waals surface area contributed by atoms with E-state index in [0.29, 0.717) is 19.7 Å². The average molecular weight is 456 g/mol. The van der Waals surface area contributed by atoms with Gasteiger partial charge in [-0.15, -0.1) is 0 Å². The smallest absolute Gasteiger partial charge is 0.410 e. The van der Waals surface area contributed by atoms with E-state index < -0.39 is 11.7 Å². The van der Waals surface area contributed by atoms with Crippen molar-refractivity contribution in [3.8, 4) is 11.1 Å². The highest BCUT2D eigenvalue weighted by atomic mass is 16.6. The quantitative estimate of drug-likeness (QED) is 0.587. The van der Waals surface area contributed by atoms with Crippen LogP contribution in [-0.4, -0.2) is 56.5 Å². The van der Waals surface area contributed by atoms with E-state index in [4.69, 9.17) is 14.2 Å². The summed E-state index contributed by atoms with van der Waals surface area (Å²) in [7, 11) is 2.99. The predicted octanol–water partition coefficient (Wildman–Crippen LogP) is 5.28. The Morgan fingerprint density at radius 2 is 1.42 bits per heavy atom. The monoisotopic (exact) mass is 455 g/mol. The first-order valence-corrected chi connectivity index (χ1v) is 11.3. The topological polar surface area (TPSA) is 65.1 Å². The molecule has 0 N–H and O–H groups in total. The van der Waals surface area contributed by atoms with Crippen molar-refractivity contribution in [3.63, 3.8) is 0 Å². The fraction of sp³-hybridized carbons (Fsp3) is 0.481. The van der Waals surface area contributed by atoms with Crippen molar-refractivity contribution in [3.05, 3.63) is 60.7 Å². The Labute approximate surface area is 197 Å². The van der Waals surface area contributed by atoms with Crippen LogP contribution in [0.4, 0.5) is 4.79 Å². The van der Waals surface area contributed by atoms with E-state index >= 15 is 0 Å². The lowest BCUT2D eigenvalue weighted by Crippen LogP contribution is -2.52. The second-order valence-electron chi connectivity index (χ2n) is 9.32. The summed E-state index contributed by atoms with van der Waals surface area (Å²) in [4.78, 5) is 25.8. The molecule has 6 nitrogen and oxygen atoms in total. The molecule has 0 radical (unpaired) electrons. The van der Waals surface area contributed by atoms with E-state index in [-0.39, 0.29) is 23.7 Å². The molecule has 1 aliphatic rings. The summed E-state index contributed by atoms with van der Waals surface area (Å²) in [6.07, 6.45) is -0.399. The Bertz CT molecular complexity index is 826. The summed E-state index contributed by atoms with van der Waals surface area (Å²) >= 11 is 0. The molecule has 0 spiro atoms. The van der Waals surface area contributed by atoms with Gasteiger partial charge in [0, 0.05) is 26.1 Å². The van der Waals surface area contributed by atoms with Crippen LogP contribution in [0, 0.1) is 17.8 Å². The Morgan fingerprint density at radius 1 is 0.909 bits per heavy atom. The van der Waals surface area contributed by atoms with Gasteiger partial charge in [0.2, 0.25) is 0 Å². The fourth-order valence-corrected chi connectivity index (χ4v) is 3.85. The Morgan fingerprint density at radius 3 is 1.85 bits per heavy atom. The summed E-state index contributed by atoms with van der Waals surface area (Å²) in [6, 6.07) is 20.8. The number of carbonyl (C=O) groups is 2. The third-order valence-corrected chi connectivity index (χ3v) is 5.67.